The highest BCUT2D eigenvalue weighted by Crippen LogP contribution is 2.22. The minimum Gasteiger partial charge on any atom is -0.489 e. The van der Waals surface area contributed by atoms with Crippen LogP contribution in [0.15, 0.2) is 54.6 Å². The van der Waals surface area contributed by atoms with Gasteiger partial charge in [0.15, 0.2) is 0 Å². The fourth-order valence-corrected chi connectivity index (χ4v) is 2.81. The quantitative estimate of drug-likeness (QED) is 0.652. The predicted octanol–water partition coefficient (Wildman–Crippen LogP) is 3.81. The van der Waals surface area contributed by atoms with Gasteiger partial charge in [-0.2, -0.15) is 8.42 Å². The van der Waals surface area contributed by atoms with Crippen LogP contribution in [-0.2, 0) is 25.6 Å². The van der Waals surface area contributed by atoms with Crippen LogP contribution in [0, 0.1) is 0 Å². The normalized spacial score (nSPS) is 12.8. The van der Waals surface area contributed by atoms with Crippen molar-refractivity contribution in [1.29, 1.82) is 0 Å². The Morgan fingerprint density at radius 3 is 2.38 bits per heavy atom. The average molecular weight is 422 g/mol. The van der Waals surface area contributed by atoms with Gasteiger partial charge in [0.1, 0.15) is 18.0 Å². The van der Waals surface area contributed by atoms with Crippen LogP contribution < -0.4 is 10.1 Å². The molecule has 1 N–H and O–H groups in total. The molecule has 2 rings (SSSR count). The highest BCUT2D eigenvalue weighted by atomic mass is 32.2. The second-order valence-corrected chi connectivity index (χ2v) is 9.18. The molecule has 8 heteroatoms. The van der Waals surface area contributed by atoms with Gasteiger partial charge < -0.3 is 14.8 Å². The van der Waals surface area contributed by atoms with E-state index in [9.17, 15) is 13.2 Å². The minimum absolute atomic E-state index is 0.264. The Bertz CT molecular complexity index is 906. The summed E-state index contributed by atoms with van der Waals surface area (Å²) in [6, 6.07) is 16.0. The van der Waals surface area contributed by atoms with Gasteiger partial charge in [-0.25, -0.2) is 4.79 Å². The molecule has 1 unspecified atom stereocenters. The molecule has 1 amide bonds. The Morgan fingerprint density at radius 2 is 1.76 bits per heavy atom. The number of hydrogen-bond donors (Lipinski definition) is 1. The fraction of sp³-hybridized carbons (Fsp3) is 0.381. The van der Waals surface area contributed by atoms with Crippen LogP contribution in [0.4, 0.5) is 4.79 Å². The van der Waals surface area contributed by atoms with E-state index in [4.69, 9.17) is 13.7 Å². The van der Waals surface area contributed by atoms with Gasteiger partial charge in [-0.3, -0.25) is 4.18 Å². The van der Waals surface area contributed by atoms with Crippen molar-refractivity contribution < 1.29 is 26.9 Å². The molecule has 0 saturated heterocycles. The SMILES string of the molecule is CC(C)(C)OC(=O)NC(COS(C)(=O)=O)c1cccc(OCc2ccccc2)c1. The van der Waals surface area contributed by atoms with E-state index in [1.807, 2.05) is 30.3 Å². The number of nitrogens with one attached hydrogen (secondary N) is 1. The first-order valence-electron chi connectivity index (χ1n) is 9.12. The molecule has 0 heterocycles. The first-order valence-corrected chi connectivity index (χ1v) is 10.9. The maximum atomic E-state index is 12.2. The summed E-state index contributed by atoms with van der Waals surface area (Å²) >= 11 is 0. The summed E-state index contributed by atoms with van der Waals surface area (Å²) in [4.78, 5) is 12.2. The van der Waals surface area contributed by atoms with Crippen molar-refractivity contribution >= 4 is 16.2 Å². The van der Waals surface area contributed by atoms with Gasteiger partial charge >= 0.3 is 6.09 Å². The van der Waals surface area contributed by atoms with Crippen LogP contribution in [0.25, 0.3) is 0 Å². The summed E-state index contributed by atoms with van der Waals surface area (Å²) in [6.07, 6.45) is 0.284. The zero-order chi connectivity index (χ0) is 21.5. The number of ether oxygens (including phenoxy) is 2. The van der Waals surface area contributed by atoms with Crippen LogP contribution in [0.2, 0.25) is 0 Å². The molecule has 0 saturated carbocycles. The van der Waals surface area contributed by atoms with E-state index in [-0.39, 0.29) is 6.61 Å². The molecule has 2 aromatic carbocycles. The highest BCUT2D eigenvalue weighted by molar-refractivity contribution is 7.85. The Balaban J connectivity index is 2.14. The van der Waals surface area contributed by atoms with Crippen molar-refractivity contribution in [2.24, 2.45) is 0 Å². The van der Waals surface area contributed by atoms with Gasteiger partial charge in [-0.05, 0) is 44.0 Å². The minimum atomic E-state index is -3.68. The smallest absolute Gasteiger partial charge is 0.408 e. The fourth-order valence-electron chi connectivity index (χ4n) is 2.42. The summed E-state index contributed by atoms with van der Waals surface area (Å²) in [5, 5.41) is 2.66. The summed E-state index contributed by atoms with van der Waals surface area (Å²) in [6.45, 7) is 5.35. The number of carbonyl (C=O) groups excluding carboxylic acids is 1. The molecule has 29 heavy (non-hydrogen) atoms. The van der Waals surface area contributed by atoms with Gasteiger partial charge in [-0.15, -0.1) is 0 Å². The molecular formula is C21H27NO6S. The first kappa shape index (κ1) is 22.7. The molecule has 7 nitrogen and oxygen atoms in total. The number of benzene rings is 2. The van der Waals surface area contributed by atoms with Gasteiger partial charge in [0.2, 0.25) is 0 Å². The van der Waals surface area contributed by atoms with E-state index in [0.717, 1.165) is 11.8 Å². The third-order valence-electron chi connectivity index (χ3n) is 3.65. The molecule has 158 valence electrons. The van der Waals surface area contributed by atoms with Gasteiger partial charge in [0, 0.05) is 0 Å². The zero-order valence-electron chi connectivity index (χ0n) is 17.0. The molecule has 0 aromatic heterocycles. The van der Waals surface area contributed by atoms with E-state index >= 15 is 0 Å². The number of alkyl carbamates (subject to hydrolysis) is 1. The summed E-state index contributed by atoms with van der Waals surface area (Å²) < 4.78 is 38.8. The lowest BCUT2D eigenvalue weighted by Gasteiger charge is -2.24. The van der Waals surface area contributed by atoms with E-state index in [1.165, 1.54) is 0 Å². The molecule has 0 aliphatic heterocycles. The molecule has 0 aliphatic carbocycles. The molecular weight excluding hydrogens is 394 g/mol. The number of carbonyl (C=O) groups is 1. The van der Waals surface area contributed by atoms with Crippen molar-refractivity contribution in [3.05, 3.63) is 65.7 Å². The van der Waals surface area contributed by atoms with Crippen LogP contribution in [0.3, 0.4) is 0 Å². The Morgan fingerprint density at radius 1 is 1.07 bits per heavy atom. The largest absolute Gasteiger partial charge is 0.489 e. The van der Waals surface area contributed by atoms with Crippen LogP contribution >= 0.6 is 0 Å². The van der Waals surface area contributed by atoms with E-state index in [2.05, 4.69) is 5.32 Å². The number of amides is 1. The Kier molecular flexibility index (Phi) is 7.64. The number of hydrogen-bond acceptors (Lipinski definition) is 6. The standard InChI is InChI=1S/C21H27NO6S/c1-21(2,3)28-20(23)22-19(15-27-29(4,24)25)17-11-8-12-18(13-17)26-14-16-9-6-5-7-10-16/h5-13,19H,14-15H2,1-4H3,(H,22,23). The summed E-state index contributed by atoms with van der Waals surface area (Å²) in [5.41, 5.74) is 0.958. The lowest BCUT2D eigenvalue weighted by molar-refractivity contribution is 0.0487. The van der Waals surface area contributed by atoms with Gasteiger partial charge in [0.25, 0.3) is 10.1 Å². The second-order valence-electron chi connectivity index (χ2n) is 7.53. The summed E-state index contributed by atoms with van der Waals surface area (Å²) in [5.74, 6) is 0.585. The second kappa shape index (κ2) is 9.76. The predicted molar refractivity (Wildman–Crippen MR) is 110 cm³/mol. The van der Waals surface area contributed by atoms with Gasteiger partial charge in [0.05, 0.1) is 18.9 Å². The van der Waals surface area contributed by atoms with Crippen LogP contribution in [-0.4, -0.2) is 33.0 Å². The maximum Gasteiger partial charge on any atom is 0.408 e. The van der Waals surface area contributed by atoms with E-state index < -0.39 is 27.9 Å². The van der Waals surface area contributed by atoms with Crippen molar-refractivity contribution in [2.75, 3.05) is 12.9 Å². The molecule has 0 bridgehead atoms. The topological polar surface area (TPSA) is 90.9 Å². The average Bonchev–Trinajstić information content (AvgIpc) is 2.62. The molecule has 0 aliphatic rings. The van der Waals surface area contributed by atoms with Crippen molar-refractivity contribution in [3.63, 3.8) is 0 Å². The maximum absolute atomic E-state index is 12.2. The molecule has 0 radical (unpaired) electrons. The molecule has 2 aromatic rings. The Hall–Kier alpha value is -2.58. The monoisotopic (exact) mass is 421 g/mol. The third kappa shape index (κ3) is 8.97. The first-order chi connectivity index (χ1) is 13.5. The highest BCUT2D eigenvalue weighted by Gasteiger charge is 2.22. The zero-order valence-corrected chi connectivity index (χ0v) is 17.9. The van der Waals surface area contributed by atoms with E-state index in [0.29, 0.717) is 17.9 Å². The summed E-state index contributed by atoms with van der Waals surface area (Å²) in [7, 11) is -3.68. The van der Waals surface area contributed by atoms with E-state index in [1.54, 1.807) is 45.0 Å². The van der Waals surface area contributed by atoms with Crippen LogP contribution in [0.1, 0.15) is 37.9 Å². The molecule has 0 spiro atoms. The van der Waals surface area contributed by atoms with Crippen molar-refractivity contribution in [3.8, 4) is 5.75 Å². The van der Waals surface area contributed by atoms with Gasteiger partial charge in [-0.1, -0.05) is 42.5 Å². The molecule has 1 atom stereocenters. The lowest BCUT2D eigenvalue weighted by Crippen LogP contribution is -2.37. The van der Waals surface area contributed by atoms with Crippen molar-refractivity contribution in [1.82, 2.24) is 5.32 Å². The lowest BCUT2D eigenvalue weighted by atomic mass is 10.1. The third-order valence-corrected chi connectivity index (χ3v) is 4.21. The Labute approximate surface area is 172 Å². The number of rotatable bonds is 8. The van der Waals surface area contributed by atoms with Crippen LogP contribution in [0.5, 0.6) is 5.75 Å². The van der Waals surface area contributed by atoms with Crippen molar-refractivity contribution in [2.45, 2.75) is 39.0 Å². The molecule has 0 fully saturated rings.